The minimum Gasteiger partial charge on any atom is -0.338 e. The van der Waals surface area contributed by atoms with E-state index in [0.717, 1.165) is 12.2 Å². The van der Waals surface area contributed by atoms with Crippen LogP contribution >= 0.6 is 11.3 Å². The van der Waals surface area contributed by atoms with E-state index in [9.17, 15) is 0 Å². The maximum Gasteiger partial charge on any atom is 0.0992 e. The molecule has 3 rings (SSSR count). The lowest BCUT2D eigenvalue weighted by molar-refractivity contribution is 1.07. The average Bonchev–Trinajstić information content (AvgIpc) is 2.74. The monoisotopic (exact) mass is 229 g/mol. The molecule has 0 saturated carbocycles. The molecule has 0 fully saturated rings. The molecule has 2 aromatic rings. The summed E-state index contributed by atoms with van der Waals surface area (Å²) in [5.41, 5.74) is 4.67. The SMILES string of the molecule is Cc1ccc(-c2csc3c2CN=CN3)nc1. The Labute approximate surface area is 97.9 Å². The number of pyridine rings is 1. The summed E-state index contributed by atoms with van der Waals surface area (Å²) in [5.74, 6) is 0. The predicted octanol–water partition coefficient (Wildman–Crippen LogP) is 3.07. The third kappa shape index (κ3) is 1.51. The highest BCUT2D eigenvalue weighted by Crippen LogP contribution is 2.36. The number of anilines is 1. The average molecular weight is 229 g/mol. The Morgan fingerprint density at radius 1 is 1.38 bits per heavy atom. The molecule has 0 aliphatic carbocycles. The van der Waals surface area contributed by atoms with Crippen molar-refractivity contribution in [3.05, 3.63) is 34.8 Å². The lowest BCUT2D eigenvalue weighted by atomic mass is 10.1. The zero-order valence-electron chi connectivity index (χ0n) is 8.90. The van der Waals surface area contributed by atoms with Gasteiger partial charge in [0.1, 0.15) is 0 Å². The second kappa shape index (κ2) is 3.72. The van der Waals surface area contributed by atoms with Crippen molar-refractivity contribution in [2.45, 2.75) is 13.5 Å². The molecule has 16 heavy (non-hydrogen) atoms. The van der Waals surface area contributed by atoms with Crippen molar-refractivity contribution in [3.8, 4) is 11.3 Å². The van der Waals surface area contributed by atoms with Gasteiger partial charge in [-0.3, -0.25) is 9.98 Å². The molecular formula is C12H11N3S. The fraction of sp³-hybridized carbons (Fsp3) is 0.167. The summed E-state index contributed by atoms with van der Waals surface area (Å²) in [6.07, 6.45) is 3.66. The van der Waals surface area contributed by atoms with Gasteiger partial charge in [0, 0.05) is 22.7 Å². The summed E-state index contributed by atoms with van der Waals surface area (Å²) < 4.78 is 0. The van der Waals surface area contributed by atoms with Gasteiger partial charge in [-0.05, 0) is 18.6 Å². The van der Waals surface area contributed by atoms with Crippen molar-refractivity contribution < 1.29 is 0 Å². The number of thiophene rings is 1. The quantitative estimate of drug-likeness (QED) is 0.816. The van der Waals surface area contributed by atoms with Gasteiger partial charge in [0.05, 0.1) is 23.6 Å². The van der Waals surface area contributed by atoms with Crippen LogP contribution in [0.25, 0.3) is 11.3 Å². The lowest BCUT2D eigenvalue weighted by Crippen LogP contribution is -2.02. The van der Waals surface area contributed by atoms with E-state index >= 15 is 0 Å². The first kappa shape index (κ1) is 9.54. The molecule has 0 atom stereocenters. The molecule has 1 N–H and O–H groups in total. The first-order valence-electron chi connectivity index (χ1n) is 5.13. The summed E-state index contributed by atoms with van der Waals surface area (Å²) in [7, 11) is 0. The van der Waals surface area contributed by atoms with Crippen LogP contribution in [0.15, 0.2) is 28.7 Å². The van der Waals surface area contributed by atoms with Crippen LogP contribution in [0.4, 0.5) is 5.00 Å². The number of hydrogen-bond donors (Lipinski definition) is 1. The third-order valence-electron chi connectivity index (χ3n) is 2.62. The van der Waals surface area contributed by atoms with Gasteiger partial charge < -0.3 is 5.32 Å². The van der Waals surface area contributed by atoms with Gasteiger partial charge in [-0.25, -0.2) is 0 Å². The zero-order chi connectivity index (χ0) is 11.0. The highest BCUT2D eigenvalue weighted by molar-refractivity contribution is 7.15. The van der Waals surface area contributed by atoms with Crippen molar-refractivity contribution in [1.82, 2.24) is 4.98 Å². The summed E-state index contributed by atoms with van der Waals surface area (Å²) in [6, 6.07) is 4.15. The van der Waals surface area contributed by atoms with E-state index in [4.69, 9.17) is 0 Å². The number of hydrogen-bond acceptors (Lipinski definition) is 4. The van der Waals surface area contributed by atoms with Crippen molar-refractivity contribution in [3.63, 3.8) is 0 Å². The Bertz CT molecular complexity index is 540. The van der Waals surface area contributed by atoms with Crippen LogP contribution in [0.3, 0.4) is 0 Å². The maximum absolute atomic E-state index is 4.46. The van der Waals surface area contributed by atoms with Crippen molar-refractivity contribution >= 4 is 22.7 Å². The molecule has 0 saturated heterocycles. The summed E-state index contributed by atoms with van der Waals surface area (Å²) in [6.45, 7) is 2.79. The van der Waals surface area contributed by atoms with E-state index in [1.807, 2.05) is 13.1 Å². The van der Waals surface area contributed by atoms with Crippen LogP contribution in [-0.2, 0) is 6.54 Å². The smallest absolute Gasteiger partial charge is 0.0992 e. The van der Waals surface area contributed by atoms with Gasteiger partial charge in [0.2, 0.25) is 0 Å². The predicted molar refractivity (Wildman–Crippen MR) is 68.1 cm³/mol. The molecule has 0 bridgehead atoms. The number of nitrogens with zero attached hydrogens (tertiary/aromatic N) is 2. The molecule has 0 radical (unpaired) electrons. The maximum atomic E-state index is 4.46. The molecule has 1 aliphatic heterocycles. The highest BCUT2D eigenvalue weighted by atomic mass is 32.1. The number of aliphatic imine (C=N–C) groups is 1. The van der Waals surface area contributed by atoms with Gasteiger partial charge in [-0.15, -0.1) is 11.3 Å². The van der Waals surface area contributed by atoms with Crippen molar-refractivity contribution in [2.24, 2.45) is 4.99 Å². The van der Waals surface area contributed by atoms with Crippen LogP contribution in [0.2, 0.25) is 0 Å². The first-order chi connectivity index (χ1) is 7.84. The van der Waals surface area contributed by atoms with E-state index in [1.165, 1.54) is 21.7 Å². The second-order valence-corrected chi connectivity index (χ2v) is 4.67. The van der Waals surface area contributed by atoms with E-state index in [0.29, 0.717) is 0 Å². The molecule has 2 aromatic heterocycles. The zero-order valence-corrected chi connectivity index (χ0v) is 9.71. The van der Waals surface area contributed by atoms with Gasteiger partial charge >= 0.3 is 0 Å². The minimum absolute atomic E-state index is 0.747. The Morgan fingerprint density at radius 2 is 2.31 bits per heavy atom. The molecule has 4 heteroatoms. The van der Waals surface area contributed by atoms with E-state index < -0.39 is 0 Å². The van der Waals surface area contributed by atoms with Crippen molar-refractivity contribution in [2.75, 3.05) is 5.32 Å². The molecule has 0 spiro atoms. The molecule has 0 aromatic carbocycles. The Kier molecular flexibility index (Phi) is 2.22. The first-order valence-corrected chi connectivity index (χ1v) is 6.01. The standard InChI is InChI=1S/C12H11N3S/c1-8-2-3-11(14-4-8)10-6-16-12-9(10)5-13-7-15-12/h2-4,6-7H,5H2,1H3,(H,13,15). The van der Waals surface area contributed by atoms with Gasteiger partial charge in [0.15, 0.2) is 0 Å². The fourth-order valence-electron chi connectivity index (χ4n) is 1.74. The van der Waals surface area contributed by atoms with Crippen LogP contribution in [0.5, 0.6) is 0 Å². The topological polar surface area (TPSA) is 37.3 Å². The van der Waals surface area contributed by atoms with Crippen LogP contribution in [0.1, 0.15) is 11.1 Å². The van der Waals surface area contributed by atoms with E-state index in [1.54, 1.807) is 17.7 Å². The Balaban J connectivity index is 2.08. The van der Waals surface area contributed by atoms with Crippen LogP contribution in [0, 0.1) is 6.92 Å². The Hall–Kier alpha value is -1.68. The summed E-state index contributed by atoms with van der Waals surface area (Å²) in [4.78, 5) is 8.69. The molecule has 80 valence electrons. The number of nitrogens with one attached hydrogen (secondary N) is 1. The number of aromatic nitrogens is 1. The summed E-state index contributed by atoms with van der Waals surface area (Å²) in [5, 5.41) is 6.49. The molecule has 0 unspecified atom stereocenters. The van der Waals surface area contributed by atoms with Gasteiger partial charge in [-0.2, -0.15) is 0 Å². The van der Waals surface area contributed by atoms with Gasteiger partial charge in [0.25, 0.3) is 0 Å². The normalized spacial score (nSPS) is 13.3. The molecule has 3 nitrogen and oxygen atoms in total. The molecule has 3 heterocycles. The van der Waals surface area contributed by atoms with Crippen LogP contribution in [-0.4, -0.2) is 11.3 Å². The highest BCUT2D eigenvalue weighted by Gasteiger charge is 2.15. The molecule has 0 amide bonds. The minimum atomic E-state index is 0.747. The van der Waals surface area contributed by atoms with E-state index in [2.05, 4.69) is 32.8 Å². The van der Waals surface area contributed by atoms with Gasteiger partial charge in [-0.1, -0.05) is 6.07 Å². The number of aryl methyl sites for hydroxylation is 1. The van der Waals surface area contributed by atoms with Crippen LogP contribution < -0.4 is 5.32 Å². The number of fused-ring (bicyclic) bond motifs is 1. The van der Waals surface area contributed by atoms with E-state index in [-0.39, 0.29) is 0 Å². The largest absolute Gasteiger partial charge is 0.338 e. The third-order valence-corrected chi connectivity index (χ3v) is 3.57. The Morgan fingerprint density at radius 3 is 3.12 bits per heavy atom. The number of rotatable bonds is 1. The lowest BCUT2D eigenvalue weighted by Gasteiger charge is -2.08. The fourth-order valence-corrected chi connectivity index (χ4v) is 2.68. The molecular weight excluding hydrogens is 218 g/mol. The second-order valence-electron chi connectivity index (χ2n) is 3.79. The van der Waals surface area contributed by atoms with Crippen molar-refractivity contribution in [1.29, 1.82) is 0 Å². The molecule has 1 aliphatic rings. The summed E-state index contributed by atoms with van der Waals surface area (Å²) >= 11 is 1.71.